The summed E-state index contributed by atoms with van der Waals surface area (Å²) in [5, 5.41) is 70.5. The number of hydrogen-bond donors (Lipinski definition) is 10. The Morgan fingerprint density at radius 1 is 0.724 bits per heavy atom. The van der Waals surface area contributed by atoms with Gasteiger partial charge < -0.3 is 66.2 Å². The zero-order valence-electron chi connectivity index (χ0n) is 41.8. The summed E-state index contributed by atoms with van der Waals surface area (Å²) in [6.07, 6.45) is 3.82. The molecule has 400 valence electrons. The second-order valence-corrected chi connectivity index (χ2v) is 20.9. The van der Waals surface area contributed by atoms with Crippen LogP contribution in [-0.2, 0) is 4.79 Å². The monoisotopic (exact) mass is 1060 g/mol. The molecule has 10 atom stereocenters. The summed E-state index contributed by atoms with van der Waals surface area (Å²) in [6, 6.07) is 18.2. The molecular weight excluding hydrogens is 996 g/mol. The topological polar surface area (TPSA) is 311 Å². The van der Waals surface area contributed by atoms with E-state index >= 15 is 0 Å². The van der Waals surface area contributed by atoms with Gasteiger partial charge in [0, 0.05) is 62.2 Å². The highest BCUT2D eigenvalue weighted by atomic mass is 35.5. The molecule has 4 aromatic heterocycles. The van der Waals surface area contributed by atoms with Crippen LogP contribution in [0.1, 0.15) is 87.4 Å². The number of fused-ring (bicyclic) bond motifs is 2. The summed E-state index contributed by atoms with van der Waals surface area (Å²) in [6.45, 7) is 2.95. The number of aromatic nitrogens is 8. The largest absolute Gasteiger partial charge is 0.390 e. The summed E-state index contributed by atoms with van der Waals surface area (Å²) >= 11 is 6.44. The van der Waals surface area contributed by atoms with Crippen LogP contribution in [0.2, 0.25) is 5.28 Å². The standard InChI is InChI=1S/C52H63ClN16O7/c1-2-38(71)62-35-20-37(44(75)42(35)73)69-26-57-40-47(63-50(53)65-48(40)69)58-29-13-15-30(16-14-29)60-52(76)61-31-17-18-67(23-31)51-64-46(55-22-34(27-9-5-3-6-10-27)28-11-7-4-8-12-28)39-49(66-51)68(25-56-39)36-19-33(41(72)43(36)74)45-54-21-32(24-70)59-45/h3-12,21,25-26,29-31,33-37,41-45,70,72-75H,2,13-20,22-24H2,1H3,(H,62,71)(H,55,64,66)(H,58,63,65)(H2,60,61,76)/t29-,30+,31-,33+,35+,36-,37-,41-,42-,43+,44+,45?/m1/s1. The van der Waals surface area contributed by atoms with Gasteiger partial charge in [0.2, 0.25) is 17.1 Å². The molecule has 0 bridgehead atoms. The first-order valence-electron chi connectivity index (χ1n) is 26.2. The highest BCUT2D eigenvalue weighted by molar-refractivity contribution is 6.32. The van der Waals surface area contributed by atoms with Crippen LogP contribution in [0.3, 0.4) is 0 Å². The minimum absolute atomic E-state index is 0.00562. The lowest BCUT2D eigenvalue weighted by Gasteiger charge is -2.30. The third kappa shape index (κ3) is 10.4. The van der Waals surface area contributed by atoms with Crippen molar-refractivity contribution < 1.29 is 35.1 Å². The maximum absolute atomic E-state index is 13.6. The van der Waals surface area contributed by atoms with Gasteiger partial charge in [-0.3, -0.25) is 14.8 Å². The first-order chi connectivity index (χ1) is 36.9. The lowest BCUT2D eigenvalue weighted by molar-refractivity contribution is -0.122. The van der Waals surface area contributed by atoms with Gasteiger partial charge in [-0.2, -0.15) is 19.9 Å². The van der Waals surface area contributed by atoms with Crippen molar-refractivity contribution >= 4 is 75.4 Å². The summed E-state index contributed by atoms with van der Waals surface area (Å²) < 4.78 is 3.49. The number of nitrogens with zero attached hydrogens (tertiary/aromatic N) is 11. The molecule has 76 heavy (non-hydrogen) atoms. The molecule has 3 aliphatic carbocycles. The lowest BCUT2D eigenvalue weighted by Crippen LogP contribution is -2.48. The number of benzene rings is 2. The molecule has 1 unspecified atom stereocenters. The van der Waals surface area contributed by atoms with Crippen molar-refractivity contribution in [2.45, 2.75) is 131 Å². The van der Waals surface area contributed by atoms with Gasteiger partial charge in [-0.25, -0.2) is 14.8 Å². The van der Waals surface area contributed by atoms with Crippen LogP contribution < -0.4 is 31.5 Å². The number of anilines is 3. The molecule has 24 heteroatoms. The quantitative estimate of drug-likeness (QED) is 0.0624. The predicted octanol–water partition coefficient (Wildman–Crippen LogP) is 2.85. The molecule has 5 aliphatic rings. The zero-order valence-corrected chi connectivity index (χ0v) is 42.6. The predicted molar refractivity (Wildman–Crippen MR) is 285 cm³/mol. The number of aliphatic hydroxyl groups is 5. The third-order valence-corrected chi connectivity index (χ3v) is 16.0. The smallest absolute Gasteiger partial charge is 0.315 e. The van der Waals surface area contributed by atoms with Crippen LogP contribution in [-0.4, -0.2) is 169 Å². The molecule has 2 aliphatic heterocycles. The molecule has 2 aromatic carbocycles. The molecule has 0 spiro atoms. The van der Waals surface area contributed by atoms with Gasteiger partial charge in [0.25, 0.3) is 0 Å². The maximum Gasteiger partial charge on any atom is 0.315 e. The van der Waals surface area contributed by atoms with Crippen LogP contribution in [0.25, 0.3) is 22.3 Å². The number of aliphatic hydroxyl groups excluding tert-OH is 5. The maximum atomic E-state index is 13.6. The second-order valence-electron chi connectivity index (χ2n) is 20.6. The van der Waals surface area contributed by atoms with Crippen molar-refractivity contribution in [3.05, 3.63) is 89.7 Å². The van der Waals surface area contributed by atoms with E-state index in [1.54, 1.807) is 24.1 Å². The van der Waals surface area contributed by atoms with Crippen LogP contribution in [0.4, 0.5) is 22.4 Å². The van der Waals surface area contributed by atoms with Crippen molar-refractivity contribution in [3.8, 4) is 0 Å². The first-order valence-corrected chi connectivity index (χ1v) is 26.6. The van der Waals surface area contributed by atoms with Crippen LogP contribution in [0, 0.1) is 5.92 Å². The molecular formula is C52H63ClN16O7. The van der Waals surface area contributed by atoms with Crippen molar-refractivity contribution in [2.75, 3.05) is 41.8 Å². The molecule has 6 aromatic rings. The number of hydrogen-bond acceptors (Lipinski definition) is 18. The molecule has 6 heterocycles. The molecule has 3 amide bonds. The van der Waals surface area contributed by atoms with E-state index in [4.69, 9.17) is 26.6 Å². The number of nitrogens with one attached hydrogen (secondary N) is 5. The average molecular weight is 1060 g/mol. The van der Waals surface area contributed by atoms with Crippen LogP contribution in [0.5, 0.6) is 0 Å². The van der Waals surface area contributed by atoms with Crippen molar-refractivity contribution in [1.29, 1.82) is 0 Å². The Kier molecular flexibility index (Phi) is 14.8. The second kappa shape index (κ2) is 22.0. The SMILES string of the molecule is CCC(=O)N[C@H]1C[C@@H](n2cnc3c(N[C@H]4CC[C@@H](NC(=O)N[C@@H]5CCN(c6nc(NCC(c7ccccc7)c7ccccc7)c7ncn([C@@H]8C[C@H](C9N=CC(CO)=N9)[C@@H](O)[C@H]8O)c7n6)C5)CC4)nc(Cl)nc32)[C@H](O)[C@@H]1O. The van der Waals surface area contributed by atoms with Gasteiger partial charge in [0.15, 0.2) is 34.0 Å². The number of rotatable bonds is 16. The summed E-state index contributed by atoms with van der Waals surface area (Å²) in [5.74, 6) is 0.642. The Labute approximate surface area is 442 Å². The van der Waals surface area contributed by atoms with Gasteiger partial charge in [-0.1, -0.05) is 67.6 Å². The van der Waals surface area contributed by atoms with E-state index in [1.807, 2.05) is 45.9 Å². The highest BCUT2D eigenvalue weighted by Gasteiger charge is 2.48. The normalized spacial score (nSPS) is 28.4. The van der Waals surface area contributed by atoms with Crippen LogP contribution in [0.15, 0.2) is 83.3 Å². The van der Waals surface area contributed by atoms with E-state index in [9.17, 15) is 35.1 Å². The molecule has 23 nitrogen and oxygen atoms in total. The van der Waals surface area contributed by atoms with Crippen molar-refractivity contribution in [2.24, 2.45) is 15.9 Å². The highest BCUT2D eigenvalue weighted by Crippen LogP contribution is 2.42. The van der Waals surface area contributed by atoms with Gasteiger partial charge in [0.1, 0.15) is 24.5 Å². The number of carbonyl (C=O) groups excluding carboxylic acids is 2. The van der Waals surface area contributed by atoms with Crippen molar-refractivity contribution in [1.82, 2.24) is 55.0 Å². The number of imidazole rings is 2. The van der Waals surface area contributed by atoms with E-state index in [-0.39, 0.29) is 60.7 Å². The summed E-state index contributed by atoms with van der Waals surface area (Å²) in [4.78, 5) is 65.1. The summed E-state index contributed by atoms with van der Waals surface area (Å²) in [5.41, 5.74) is 4.53. The van der Waals surface area contributed by atoms with Crippen molar-refractivity contribution in [3.63, 3.8) is 0 Å². The minimum Gasteiger partial charge on any atom is -0.390 e. The minimum atomic E-state index is -1.17. The zero-order chi connectivity index (χ0) is 52.6. The number of aliphatic imine (C=N–C) groups is 2. The Morgan fingerprint density at radius 3 is 2.03 bits per heavy atom. The number of carbonyl (C=O) groups is 2. The van der Waals surface area contributed by atoms with E-state index in [0.29, 0.717) is 90.9 Å². The van der Waals surface area contributed by atoms with Gasteiger partial charge in [0.05, 0.1) is 49.2 Å². The molecule has 4 fully saturated rings. The van der Waals surface area contributed by atoms with Crippen LogP contribution >= 0.6 is 11.6 Å². The van der Waals surface area contributed by atoms with E-state index in [0.717, 1.165) is 24.0 Å². The Bertz CT molecular complexity index is 3060. The first kappa shape index (κ1) is 51.2. The molecule has 0 radical (unpaired) electrons. The molecule has 1 saturated heterocycles. The van der Waals surface area contributed by atoms with E-state index < -0.39 is 54.6 Å². The molecule has 10 N–H and O–H groups in total. The van der Waals surface area contributed by atoms with Gasteiger partial charge in [-0.05, 0) is 67.7 Å². The fraction of sp³-hybridized carbons (Fsp3) is 0.500. The number of halogens is 1. The fourth-order valence-electron chi connectivity index (χ4n) is 11.7. The third-order valence-electron chi connectivity index (χ3n) is 15.8. The number of amides is 3. The lowest BCUT2D eigenvalue weighted by atomic mass is 9.91. The summed E-state index contributed by atoms with van der Waals surface area (Å²) in [7, 11) is 0. The Hall–Kier alpha value is -6.89. The Balaban J connectivity index is 0.750. The number of urea groups is 1. The molecule has 11 rings (SSSR count). The Morgan fingerprint density at radius 2 is 1.36 bits per heavy atom. The van der Waals surface area contributed by atoms with E-state index in [2.05, 4.69) is 75.8 Å². The molecule has 3 saturated carbocycles. The van der Waals surface area contributed by atoms with E-state index in [1.165, 1.54) is 6.21 Å². The average Bonchev–Trinajstić information content (AvgIpc) is 4.33. The van der Waals surface area contributed by atoms with Gasteiger partial charge in [-0.15, -0.1) is 0 Å². The fourth-order valence-corrected chi connectivity index (χ4v) is 11.9. The van der Waals surface area contributed by atoms with Gasteiger partial charge >= 0.3 is 6.03 Å².